The average molecular weight is 638 g/mol. The minimum Gasteiger partial charge on any atom is -0.491 e. The number of fused-ring (bicyclic) bond motifs is 1. The molecular formula is C30H22BrClN2O5S. The highest BCUT2D eigenvalue weighted by atomic mass is 79.9. The van der Waals surface area contributed by atoms with Crippen LogP contribution in [0.1, 0.15) is 5.56 Å². The van der Waals surface area contributed by atoms with Crippen molar-refractivity contribution in [1.82, 2.24) is 4.90 Å². The summed E-state index contributed by atoms with van der Waals surface area (Å²) in [5.74, 6) is 0.473. The molecule has 3 amide bonds. The lowest BCUT2D eigenvalue weighted by atomic mass is 10.1. The second kappa shape index (κ2) is 12.6. The molecule has 1 saturated heterocycles. The maximum Gasteiger partial charge on any atom is 0.293 e. The van der Waals surface area contributed by atoms with Crippen molar-refractivity contribution in [2.24, 2.45) is 0 Å². The third kappa shape index (κ3) is 6.67. The molecule has 40 heavy (non-hydrogen) atoms. The Kier molecular flexibility index (Phi) is 8.74. The fraction of sp³-hybridized carbons (Fsp3) is 0.100. The largest absolute Gasteiger partial charge is 0.491 e. The normalized spacial score (nSPS) is 14.2. The fourth-order valence-electron chi connectivity index (χ4n) is 4.01. The number of carbonyl (C=O) groups excluding carboxylic acids is 3. The maximum absolute atomic E-state index is 12.9. The zero-order valence-corrected chi connectivity index (χ0v) is 24.1. The second-order valence-corrected chi connectivity index (χ2v) is 11.0. The van der Waals surface area contributed by atoms with E-state index in [1.165, 1.54) is 4.90 Å². The number of hydrogen-bond donors (Lipinski definition) is 1. The Labute approximate surface area is 248 Å². The molecule has 0 spiro atoms. The minimum atomic E-state index is -0.369. The zero-order valence-electron chi connectivity index (χ0n) is 20.9. The molecule has 1 heterocycles. The molecule has 0 atom stereocenters. The first-order chi connectivity index (χ1) is 19.4. The summed E-state index contributed by atoms with van der Waals surface area (Å²) < 4.78 is 12.1. The van der Waals surface area contributed by atoms with Gasteiger partial charge in [-0.2, -0.15) is 0 Å². The van der Waals surface area contributed by atoms with Gasteiger partial charge in [-0.1, -0.05) is 54.1 Å². The Bertz CT molecular complexity index is 1620. The summed E-state index contributed by atoms with van der Waals surface area (Å²) >= 11 is 10.2. The molecule has 7 nitrogen and oxygen atoms in total. The van der Waals surface area contributed by atoms with E-state index in [-0.39, 0.29) is 36.8 Å². The van der Waals surface area contributed by atoms with Gasteiger partial charge in [-0.15, -0.1) is 0 Å². The van der Waals surface area contributed by atoms with E-state index < -0.39 is 0 Å². The molecule has 1 N–H and O–H groups in total. The lowest BCUT2D eigenvalue weighted by Crippen LogP contribution is -2.32. The summed E-state index contributed by atoms with van der Waals surface area (Å²) in [6.07, 6.45) is 1.65. The first kappa shape index (κ1) is 27.8. The molecule has 202 valence electrons. The number of anilines is 1. The Morgan fingerprint density at radius 2 is 1.73 bits per heavy atom. The van der Waals surface area contributed by atoms with Crippen LogP contribution in [0, 0.1) is 0 Å². The smallest absolute Gasteiger partial charge is 0.293 e. The van der Waals surface area contributed by atoms with Crippen LogP contribution in [0.3, 0.4) is 0 Å². The van der Waals surface area contributed by atoms with Crippen molar-refractivity contribution in [3.8, 4) is 11.5 Å². The molecule has 10 heteroatoms. The van der Waals surface area contributed by atoms with Gasteiger partial charge >= 0.3 is 0 Å². The predicted molar refractivity (Wildman–Crippen MR) is 162 cm³/mol. The Balaban J connectivity index is 1.16. The van der Waals surface area contributed by atoms with Crippen LogP contribution < -0.4 is 14.8 Å². The molecule has 0 unspecified atom stereocenters. The molecule has 1 aliphatic rings. The standard InChI is InChI=1S/C30H22BrClN2O5S/c31-24-16-19(8-13-26(24)39-18-28(35)33-22-11-9-21(32)10-12-22)17-27-29(36)34(30(37)40-27)14-15-38-25-7-3-5-20-4-1-2-6-23(20)25/h1-13,16-17H,14-15,18H2,(H,33,35)/b27-17-. The van der Waals surface area contributed by atoms with Crippen LogP contribution >= 0.6 is 39.3 Å². The molecule has 1 fully saturated rings. The fourth-order valence-corrected chi connectivity index (χ4v) is 5.51. The first-order valence-electron chi connectivity index (χ1n) is 12.2. The summed E-state index contributed by atoms with van der Waals surface area (Å²) in [5.41, 5.74) is 1.31. The summed E-state index contributed by atoms with van der Waals surface area (Å²) in [4.78, 5) is 39.2. The van der Waals surface area contributed by atoms with Gasteiger partial charge in [0, 0.05) is 16.1 Å². The van der Waals surface area contributed by atoms with E-state index in [1.807, 2.05) is 42.5 Å². The minimum absolute atomic E-state index is 0.139. The van der Waals surface area contributed by atoms with E-state index in [1.54, 1.807) is 48.5 Å². The van der Waals surface area contributed by atoms with Gasteiger partial charge in [0.2, 0.25) is 0 Å². The van der Waals surface area contributed by atoms with E-state index in [0.29, 0.717) is 37.2 Å². The van der Waals surface area contributed by atoms with E-state index >= 15 is 0 Å². The Morgan fingerprint density at radius 3 is 2.52 bits per heavy atom. The molecular weight excluding hydrogens is 616 g/mol. The summed E-state index contributed by atoms with van der Waals surface area (Å²) in [7, 11) is 0. The van der Waals surface area contributed by atoms with E-state index in [9.17, 15) is 14.4 Å². The number of hydrogen-bond acceptors (Lipinski definition) is 6. The molecule has 4 aromatic carbocycles. The van der Waals surface area contributed by atoms with Crippen molar-refractivity contribution in [1.29, 1.82) is 0 Å². The quantitative estimate of drug-likeness (QED) is 0.193. The van der Waals surface area contributed by atoms with Crippen LogP contribution in [-0.2, 0) is 9.59 Å². The van der Waals surface area contributed by atoms with Crippen LogP contribution in [0.5, 0.6) is 11.5 Å². The van der Waals surface area contributed by atoms with Crippen molar-refractivity contribution in [3.05, 3.63) is 105 Å². The van der Waals surface area contributed by atoms with Crippen molar-refractivity contribution in [2.75, 3.05) is 25.1 Å². The number of nitrogens with one attached hydrogen (secondary N) is 1. The van der Waals surface area contributed by atoms with Crippen molar-refractivity contribution < 1.29 is 23.9 Å². The van der Waals surface area contributed by atoms with Crippen molar-refractivity contribution >= 4 is 78.9 Å². The van der Waals surface area contributed by atoms with E-state index in [0.717, 1.165) is 22.5 Å². The highest BCUT2D eigenvalue weighted by Gasteiger charge is 2.34. The molecule has 0 aliphatic carbocycles. The molecule has 4 aromatic rings. The van der Waals surface area contributed by atoms with Gasteiger partial charge in [-0.3, -0.25) is 19.3 Å². The van der Waals surface area contributed by atoms with Gasteiger partial charge in [-0.05, 0) is 87.2 Å². The molecule has 0 radical (unpaired) electrons. The van der Waals surface area contributed by atoms with Crippen LogP contribution in [-0.4, -0.2) is 41.7 Å². The first-order valence-corrected chi connectivity index (χ1v) is 14.2. The van der Waals surface area contributed by atoms with Gasteiger partial charge in [0.15, 0.2) is 6.61 Å². The van der Waals surface area contributed by atoms with Gasteiger partial charge < -0.3 is 14.8 Å². The van der Waals surface area contributed by atoms with Gasteiger partial charge in [-0.25, -0.2) is 0 Å². The highest BCUT2D eigenvalue weighted by Crippen LogP contribution is 2.34. The topological polar surface area (TPSA) is 84.9 Å². The van der Waals surface area contributed by atoms with E-state index in [2.05, 4.69) is 21.2 Å². The lowest BCUT2D eigenvalue weighted by Gasteiger charge is -2.14. The number of halogens is 2. The number of rotatable bonds is 9. The zero-order chi connectivity index (χ0) is 28.1. The summed E-state index contributed by atoms with van der Waals surface area (Å²) in [6, 6.07) is 25.6. The highest BCUT2D eigenvalue weighted by molar-refractivity contribution is 9.10. The molecule has 0 bridgehead atoms. The third-order valence-electron chi connectivity index (χ3n) is 5.94. The van der Waals surface area contributed by atoms with Crippen LogP contribution in [0.4, 0.5) is 10.5 Å². The number of nitrogens with zero attached hydrogens (tertiary/aromatic N) is 1. The molecule has 5 rings (SSSR count). The van der Waals surface area contributed by atoms with Crippen LogP contribution in [0.2, 0.25) is 5.02 Å². The summed E-state index contributed by atoms with van der Waals surface area (Å²) in [5, 5.41) is 4.99. The summed E-state index contributed by atoms with van der Waals surface area (Å²) in [6.45, 7) is 0.128. The van der Waals surface area contributed by atoms with Gasteiger partial charge in [0.25, 0.3) is 17.1 Å². The SMILES string of the molecule is O=C(COc1ccc(/C=C2\SC(=O)N(CCOc3cccc4ccccc34)C2=O)cc1Br)Nc1ccc(Cl)cc1. The number of ether oxygens (including phenoxy) is 2. The number of thioether (sulfide) groups is 1. The number of imide groups is 1. The second-order valence-electron chi connectivity index (χ2n) is 8.69. The van der Waals surface area contributed by atoms with Gasteiger partial charge in [0.05, 0.1) is 15.9 Å². The average Bonchev–Trinajstić information content (AvgIpc) is 3.21. The third-order valence-corrected chi connectivity index (χ3v) is 7.72. The van der Waals surface area contributed by atoms with Crippen LogP contribution in [0.25, 0.3) is 16.8 Å². The van der Waals surface area contributed by atoms with Crippen molar-refractivity contribution in [3.63, 3.8) is 0 Å². The Hall–Kier alpha value is -3.79. The molecule has 1 aliphatic heterocycles. The predicted octanol–water partition coefficient (Wildman–Crippen LogP) is 7.39. The monoisotopic (exact) mass is 636 g/mol. The van der Waals surface area contributed by atoms with Crippen molar-refractivity contribution in [2.45, 2.75) is 0 Å². The molecule has 0 saturated carbocycles. The lowest BCUT2D eigenvalue weighted by molar-refractivity contribution is -0.123. The van der Waals surface area contributed by atoms with Gasteiger partial charge in [0.1, 0.15) is 18.1 Å². The van der Waals surface area contributed by atoms with Crippen LogP contribution in [0.15, 0.2) is 94.3 Å². The number of carbonyl (C=O) groups is 3. The maximum atomic E-state index is 12.9. The number of amides is 3. The van der Waals surface area contributed by atoms with E-state index in [4.69, 9.17) is 21.1 Å². The number of benzene rings is 4. The Morgan fingerprint density at radius 1 is 0.950 bits per heavy atom. The molecule has 0 aromatic heterocycles.